The molecule has 0 bridgehead atoms. The van der Waals surface area contributed by atoms with Crippen LogP contribution in [0.5, 0.6) is 5.75 Å². The number of carbonyl (C=O) groups is 3. The van der Waals surface area contributed by atoms with Gasteiger partial charge in [0.2, 0.25) is 0 Å². The first-order valence-corrected chi connectivity index (χ1v) is 12.2. The van der Waals surface area contributed by atoms with Crippen LogP contribution >= 0.6 is 55.2 Å². The molecule has 6 nitrogen and oxygen atoms in total. The van der Waals surface area contributed by atoms with Crippen LogP contribution in [-0.4, -0.2) is 34.7 Å². The third-order valence-electron chi connectivity index (χ3n) is 4.14. The molecule has 0 atom stereocenters. The Kier molecular flexibility index (Phi) is 8.43. The van der Waals surface area contributed by atoms with Crippen LogP contribution in [0.4, 0.5) is 4.79 Å². The fraction of sp³-hybridized carbons (Fsp3) is 0.227. The zero-order chi connectivity index (χ0) is 23.4. The van der Waals surface area contributed by atoms with Gasteiger partial charge in [-0.05, 0) is 98.9 Å². The van der Waals surface area contributed by atoms with E-state index in [1.54, 1.807) is 44.2 Å². The fourth-order valence-corrected chi connectivity index (χ4v) is 5.17. The second kappa shape index (κ2) is 10.9. The summed E-state index contributed by atoms with van der Waals surface area (Å²) in [5.74, 6) is -0.561. The van der Waals surface area contributed by atoms with Gasteiger partial charge in [-0.25, -0.2) is 0 Å². The van der Waals surface area contributed by atoms with Gasteiger partial charge in [0.1, 0.15) is 18.9 Å². The molecule has 3 rings (SSSR count). The average Bonchev–Trinajstić information content (AvgIpc) is 2.95. The van der Waals surface area contributed by atoms with Crippen molar-refractivity contribution < 1.29 is 23.9 Å². The molecule has 2 aromatic carbocycles. The Labute approximate surface area is 211 Å². The van der Waals surface area contributed by atoms with Gasteiger partial charge in [0.15, 0.2) is 0 Å². The summed E-state index contributed by atoms with van der Waals surface area (Å²) >= 11 is 13.7. The molecule has 0 spiro atoms. The molecule has 1 heterocycles. The molecule has 2 amide bonds. The second-order valence-corrected chi connectivity index (χ2v) is 10.2. The number of hydrogen-bond donors (Lipinski definition) is 0. The van der Waals surface area contributed by atoms with Crippen LogP contribution < -0.4 is 4.74 Å². The number of amides is 2. The van der Waals surface area contributed by atoms with E-state index < -0.39 is 23.7 Å². The summed E-state index contributed by atoms with van der Waals surface area (Å²) in [6, 6.07) is 10.9. The van der Waals surface area contributed by atoms with Crippen molar-refractivity contribution in [3.8, 4) is 5.75 Å². The van der Waals surface area contributed by atoms with E-state index in [0.29, 0.717) is 31.9 Å². The van der Waals surface area contributed by atoms with Gasteiger partial charge in [0.05, 0.1) is 20.0 Å². The Bertz CT molecular complexity index is 1070. The summed E-state index contributed by atoms with van der Waals surface area (Å²) in [6.45, 7) is 3.33. The standard InChI is InChI=1S/C22H18Br2ClNO5S/c1-12(2)31-19(27)10-26-21(28)18(32-22(26)29)9-14-7-16(23)20(17(24)8-14)30-11-13-3-5-15(25)6-4-13/h3-9,12H,10-11H2,1-2H3/b18-9+. The van der Waals surface area contributed by atoms with E-state index in [1.165, 1.54) is 0 Å². The summed E-state index contributed by atoms with van der Waals surface area (Å²) in [4.78, 5) is 37.8. The zero-order valence-corrected chi connectivity index (χ0v) is 21.8. The number of halogens is 3. The van der Waals surface area contributed by atoms with Crippen LogP contribution in [0.15, 0.2) is 50.2 Å². The Hall–Kier alpha value is -1.81. The number of esters is 1. The molecule has 0 aromatic heterocycles. The van der Waals surface area contributed by atoms with E-state index in [2.05, 4.69) is 31.9 Å². The first-order chi connectivity index (χ1) is 15.1. The number of carbonyl (C=O) groups excluding carboxylic acids is 3. The van der Waals surface area contributed by atoms with Crippen LogP contribution in [0.1, 0.15) is 25.0 Å². The summed E-state index contributed by atoms with van der Waals surface area (Å²) < 4.78 is 12.3. The number of nitrogens with zero attached hydrogens (tertiary/aromatic N) is 1. The lowest BCUT2D eigenvalue weighted by Crippen LogP contribution is -2.35. The number of benzene rings is 2. The monoisotopic (exact) mass is 601 g/mol. The van der Waals surface area contributed by atoms with Crippen molar-refractivity contribution in [1.29, 1.82) is 0 Å². The number of hydrogen-bond acceptors (Lipinski definition) is 6. The molecule has 0 radical (unpaired) electrons. The van der Waals surface area contributed by atoms with Crippen molar-refractivity contribution >= 4 is 78.4 Å². The molecule has 1 aliphatic heterocycles. The third kappa shape index (κ3) is 6.37. The molecule has 0 unspecified atom stereocenters. The van der Waals surface area contributed by atoms with E-state index >= 15 is 0 Å². The van der Waals surface area contributed by atoms with E-state index in [1.807, 2.05) is 12.1 Å². The molecule has 1 aliphatic rings. The van der Waals surface area contributed by atoms with Crippen LogP contribution in [-0.2, 0) is 20.9 Å². The molecule has 1 fully saturated rings. The van der Waals surface area contributed by atoms with Crippen LogP contribution in [0, 0.1) is 0 Å². The van der Waals surface area contributed by atoms with E-state index in [9.17, 15) is 14.4 Å². The highest BCUT2D eigenvalue weighted by Crippen LogP contribution is 2.38. The van der Waals surface area contributed by atoms with Crippen molar-refractivity contribution in [3.63, 3.8) is 0 Å². The minimum absolute atomic E-state index is 0.223. The van der Waals surface area contributed by atoms with Crippen molar-refractivity contribution in [2.24, 2.45) is 0 Å². The Morgan fingerprint density at radius 3 is 2.38 bits per heavy atom. The average molecular weight is 604 g/mol. The van der Waals surface area contributed by atoms with Crippen molar-refractivity contribution in [2.75, 3.05) is 6.54 Å². The van der Waals surface area contributed by atoms with E-state index in [4.69, 9.17) is 21.1 Å². The Balaban J connectivity index is 1.73. The molecule has 168 valence electrons. The van der Waals surface area contributed by atoms with Crippen molar-refractivity contribution in [1.82, 2.24) is 4.90 Å². The molecular weight excluding hydrogens is 586 g/mol. The van der Waals surface area contributed by atoms with Crippen molar-refractivity contribution in [3.05, 3.63) is 66.4 Å². The van der Waals surface area contributed by atoms with Gasteiger partial charge < -0.3 is 9.47 Å². The summed E-state index contributed by atoms with van der Waals surface area (Å²) in [5, 5.41) is 0.143. The van der Waals surface area contributed by atoms with Gasteiger partial charge in [0.25, 0.3) is 11.1 Å². The van der Waals surface area contributed by atoms with Crippen molar-refractivity contribution in [2.45, 2.75) is 26.6 Å². The highest BCUT2D eigenvalue weighted by atomic mass is 79.9. The quantitative estimate of drug-likeness (QED) is 0.268. The maximum Gasteiger partial charge on any atom is 0.326 e. The lowest BCUT2D eigenvalue weighted by molar-refractivity contribution is -0.149. The molecule has 2 aromatic rings. The van der Waals surface area contributed by atoms with E-state index in [0.717, 1.165) is 22.2 Å². The highest BCUT2D eigenvalue weighted by molar-refractivity contribution is 9.11. The van der Waals surface area contributed by atoms with Gasteiger partial charge >= 0.3 is 5.97 Å². The lowest BCUT2D eigenvalue weighted by Gasteiger charge is -2.13. The lowest BCUT2D eigenvalue weighted by atomic mass is 10.2. The summed E-state index contributed by atoms with van der Waals surface area (Å²) in [7, 11) is 0. The smallest absolute Gasteiger partial charge is 0.326 e. The number of ether oxygens (including phenoxy) is 2. The highest BCUT2D eigenvalue weighted by Gasteiger charge is 2.36. The number of rotatable bonds is 7. The summed E-state index contributed by atoms with van der Waals surface area (Å²) in [5.41, 5.74) is 1.64. The van der Waals surface area contributed by atoms with Gasteiger partial charge in [-0.2, -0.15) is 0 Å². The zero-order valence-electron chi connectivity index (χ0n) is 17.1. The molecule has 10 heteroatoms. The van der Waals surface area contributed by atoms with Crippen LogP contribution in [0.3, 0.4) is 0 Å². The SMILES string of the molecule is CC(C)OC(=O)CN1C(=O)S/C(=C/c2cc(Br)c(OCc3ccc(Cl)cc3)c(Br)c2)C1=O. The first-order valence-electron chi connectivity index (χ1n) is 9.45. The van der Waals surface area contributed by atoms with Crippen LogP contribution in [0.25, 0.3) is 6.08 Å². The number of imide groups is 1. The van der Waals surface area contributed by atoms with Crippen LogP contribution in [0.2, 0.25) is 5.02 Å². The van der Waals surface area contributed by atoms with Gasteiger partial charge in [-0.1, -0.05) is 23.7 Å². The largest absolute Gasteiger partial charge is 0.487 e. The van der Waals surface area contributed by atoms with Gasteiger partial charge in [-0.3, -0.25) is 19.3 Å². The minimum Gasteiger partial charge on any atom is -0.487 e. The minimum atomic E-state index is -0.628. The molecule has 0 N–H and O–H groups in total. The molecule has 32 heavy (non-hydrogen) atoms. The summed E-state index contributed by atoms with van der Waals surface area (Å²) in [6.07, 6.45) is 1.27. The van der Waals surface area contributed by atoms with Gasteiger partial charge in [0, 0.05) is 5.02 Å². The maximum absolute atomic E-state index is 12.6. The van der Waals surface area contributed by atoms with Gasteiger partial charge in [-0.15, -0.1) is 0 Å². The molecular formula is C22H18Br2ClNO5S. The second-order valence-electron chi connectivity index (χ2n) is 7.04. The first kappa shape index (κ1) is 24.8. The Morgan fingerprint density at radius 1 is 1.16 bits per heavy atom. The maximum atomic E-state index is 12.6. The third-order valence-corrected chi connectivity index (χ3v) is 6.48. The molecule has 1 saturated heterocycles. The topological polar surface area (TPSA) is 72.9 Å². The predicted octanol–water partition coefficient (Wildman–Crippen LogP) is 6.43. The Morgan fingerprint density at radius 2 is 1.78 bits per heavy atom. The predicted molar refractivity (Wildman–Crippen MR) is 132 cm³/mol. The number of thioether (sulfide) groups is 1. The normalized spacial score (nSPS) is 15.1. The van der Waals surface area contributed by atoms with E-state index in [-0.39, 0.29) is 11.0 Å². The fourth-order valence-electron chi connectivity index (χ4n) is 2.75. The molecule has 0 saturated carbocycles. The molecule has 0 aliphatic carbocycles.